The Hall–Kier alpha value is -2.36. The average molecular weight is 269 g/mol. The van der Waals surface area contributed by atoms with Gasteiger partial charge in [-0.1, -0.05) is 17.7 Å². The van der Waals surface area contributed by atoms with Gasteiger partial charge >= 0.3 is 0 Å². The smallest absolute Gasteiger partial charge is 0.256 e. The second-order valence-electron chi connectivity index (χ2n) is 4.82. The number of nitrogens with one attached hydrogen (secondary N) is 1. The van der Waals surface area contributed by atoms with E-state index in [9.17, 15) is 4.79 Å². The van der Waals surface area contributed by atoms with Gasteiger partial charge in [-0.05, 0) is 30.7 Å². The quantitative estimate of drug-likeness (QED) is 0.928. The topological polar surface area (TPSA) is 45.2 Å². The summed E-state index contributed by atoms with van der Waals surface area (Å²) < 4.78 is 0. The summed E-state index contributed by atoms with van der Waals surface area (Å²) in [5, 5.41) is 3.06. The molecule has 104 valence electrons. The summed E-state index contributed by atoms with van der Waals surface area (Å²) >= 11 is 0. The summed E-state index contributed by atoms with van der Waals surface area (Å²) in [5.41, 5.74) is 3.63. The zero-order chi connectivity index (χ0) is 14.5. The molecule has 0 unspecified atom stereocenters. The maximum atomic E-state index is 12.5. The number of nitrogens with zero attached hydrogens (tertiary/aromatic N) is 2. The molecule has 0 radical (unpaired) electrons. The molecule has 1 amide bonds. The Morgan fingerprint density at radius 3 is 2.80 bits per heavy atom. The molecule has 1 heterocycles. The minimum absolute atomic E-state index is 0.00176. The molecular weight excluding hydrogens is 250 g/mol. The van der Waals surface area contributed by atoms with E-state index in [0.717, 1.165) is 16.8 Å². The van der Waals surface area contributed by atoms with Gasteiger partial charge in [0.25, 0.3) is 5.91 Å². The first-order chi connectivity index (χ1) is 9.61. The lowest BCUT2D eigenvalue weighted by atomic mass is 10.1. The minimum atomic E-state index is 0.00176. The molecule has 0 saturated carbocycles. The van der Waals surface area contributed by atoms with Crippen LogP contribution in [0.1, 0.15) is 21.5 Å². The monoisotopic (exact) mass is 269 g/mol. The summed E-state index contributed by atoms with van der Waals surface area (Å²) in [6.45, 7) is 2.53. The second kappa shape index (κ2) is 6.19. The third kappa shape index (κ3) is 3.15. The summed E-state index contributed by atoms with van der Waals surface area (Å²) in [4.78, 5) is 18.3. The Bertz CT molecular complexity index is 596. The van der Waals surface area contributed by atoms with Gasteiger partial charge in [-0.2, -0.15) is 0 Å². The maximum absolute atomic E-state index is 12.5. The first kappa shape index (κ1) is 14.1. The van der Waals surface area contributed by atoms with Gasteiger partial charge in [-0.3, -0.25) is 9.78 Å². The van der Waals surface area contributed by atoms with Gasteiger partial charge in [0.15, 0.2) is 0 Å². The van der Waals surface area contributed by atoms with Crippen LogP contribution in [0.2, 0.25) is 0 Å². The van der Waals surface area contributed by atoms with E-state index in [1.54, 1.807) is 24.3 Å². The molecule has 0 aliphatic heterocycles. The van der Waals surface area contributed by atoms with E-state index in [1.807, 2.05) is 44.3 Å². The molecule has 0 spiro atoms. The molecule has 1 aromatic carbocycles. The first-order valence-electron chi connectivity index (χ1n) is 6.54. The summed E-state index contributed by atoms with van der Waals surface area (Å²) in [6.07, 6.45) is 3.50. The number of anilines is 1. The van der Waals surface area contributed by atoms with E-state index in [2.05, 4.69) is 10.3 Å². The largest absolute Gasteiger partial charge is 0.387 e. The van der Waals surface area contributed by atoms with Crippen LogP contribution in [-0.4, -0.2) is 29.9 Å². The summed E-state index contributed by atoms with van der Waals surface area (Å²) in [5.74, 6) is 0.00176. The van der Waals surface area contributed by atoms with Crippen molar-refractivity contribution < 1.29 is 4.79 Å². The lowest BCUT2D eigenvalue weighted by molar-refractivity contribution is 0.0786. The Morgan fingerprint density at radius 1 is 1.35 bits per heavy atom. The molecule has 0 aliphatic carbocycles. The maximum Gasteiger partial charge on any atom is 0.256 e. The van der Waals surface area contributed by atoms with E-state index in [4.69, 9.17) is 0 Å². The van der Waals surface area contributed by atoms with Gasteiger partial charge in [0.05, 0.1) is 5.56 Å². The highest BCUT2D eigenvalue weighted by Crippen LogP contribution is 2.19. The molecule has 4 heteroatoms. The first-order valence-corrected chi connectivity index (χ1v) is 6.54. The average Bonchev–Trinajstić information content (AvgIpc) is 2.47. The van der Waals surface area contributed by atoms with Crippen molar-refractivity contribution in [1.29, 1.82) is 0 Å². The van der Waals surface area contributed by atoms with Crippen LogP contribution in [0.3, 0.4) is 0 Å². The van der Waals surface area contributed by atoms with E-state index >= 15 is 0 Å². The number of pyridine rings is 1. The Balaban J connectivity index is 2.20. The predicted molar refractivity (Wildman–Crippen MR) is 80.8 cm³/mol. The van der Waals surface area contributed by atoms with Crippen LogP contribution in [0.15, 0.2) is 42.7 Å². The van der Waals surface area contributed by atoms with Crippen LogP contribution >= 0.6 is 0 Å². The lowest BCUT2D eigenvalue weighted by Gasteiger charge is -2.19. The van der Waals surface area contributed by atoms with Crippen LogP contribution in [0.25, 0.3) is 0 Å². The SMILES string of the molecule is CNc1ccc(C)cc1C(=O)N(C)Cc1cccnc1. The van der Waals surface area contributed by atoms with Crippen molar-refractivity contribution in [2.45, 2.75) is 13.5 Å². The second-order valence-corrected chi connectivity index (χ2v) is 4.82. The molecule has 1 N–H and O–H groups in total. The van der Waals surface area contributed by atoms with Gasteiger partial charge in [0.1, 0.15) is 0 Å². The van der Waals surface area contributed by atoms with E-state index in [0.29, 0.717) is 12.1 Å². The van der Waals surface area contributed by atoms with Crippen molar-refractivity contribution in [2.24, 2.45) is 0 Å². The Labute approximate surface area is 119 Å². The van der Waals surface area contributed by atoms with Crippen molar-refractivity contribution in [3.63, 3.8) is 0 Å². The fourth-order valence-electron chi connectivity index (χ4n) is 2.10. The number of aromatic nitrogens is 1. The van der Waals surface area contributed by atoms with Gasteiger partial charge in [0, 0.05) is 38.7 Å². The predicted octanol–water partition coefficient (Wildman–Crippen LogP) is 2.70. The summed E-state index contributed by atoms with van der Waals surface area (Å²) in [6, 6.07) is 9.67. The van der Waals surface area contributed by atoms with Crippen LogP contribution in [0.4, 0.5) is 5.69 Å². The lowest BCUT2D eigenvalue weighted by Crippen LogP contribution is -2.27. The van der Waals surface area contributed by atoms with E-state index in [1.165, 1.54) is 0 Å². The number of aryl methyl sites for hydroxylation is 1. The fourth-order valence-corrected chi connectivity index (χ4v) is 2.10. The van der Waals surface area contributed by atoms with Crippen molar-refractivity contribution in [3.8, 4) is 0 Å². The molecule has 0 bridgehead atoms. The van der Waals surface area contributed by atoms with E-state index < -0.39 is 0 Å². The van der Waals surface area contributed by atoms with Gasteiger partial charge in [-0.25, -0.2) is 0 Å². The molecule has 4 nitrogen and oxygen atoms in total. The van der Waals surface area contributed by atoms with Crippen LogP contribution in [0.5, 0.6) is 0 Å². The fraction of sp³-hybridized carbons (Fsp3) is 0.250. The van der Waals surface area contributed by atoms with Crippen LogP contribution in [0, 0.1) is 6.92 Å². The molecular formula is C16H19N3O. The molecule has 0 saturated heterocycles. The summed E-state index contributed by atoms with van der Waals surface area (Å²) in [7, 11) is 3.62. The number of carbonyl (C=O) groups excluding carboxylic acids is 1. The molecule has 0 aliphatic rings. The molecule has 2 rings (SSSR count). The zero-order valence-electron chi connectivity index (χ0n) is 12.1. The third-order valence-electron chi connectivity index (χ3n) is 3.16. The number of rotatable bonds is 4. The molecule has 0 atom stereocenters. The normalized spacial score (nSPS) is 10.2. The Kier molecular flexibility index (Phi) is 4.35. The highest BCUT2D eigenvalue weighted by molar-refractivity contribution is 5.99. The number of carbonyl (C=O) groups is 1. The van der Waals surface area contributed by atoms with Gasteiger partial charge in [0.2, 0.25) is 0 Å². The van der Waals surface area contributed by atoms with Gasteiger partial charge < -0.3 is 10.2 Å². The third-order valence-corrected chi connectivity index (χ3v) is 3.16. The van der Waals surface area contributed by atoms with Crippen molar-refractivity contribution in [2.75, 3.05) is 19.4 Å². The number of hydrogen-bond donors (Lipinski definition) is 1. The zero-order valence-corrected chi connectivity index (χ0v) is 12.1. The highest BCUT2D eigenvalue weighted by atomic mass is 16.2. The van der Waals surface area contributed by atoms with Crippen molar-refractivity contribution >= 4 is 11.6 Å². The minimum Gasteiger partial charge on any atom is -0.387 e. The molecule has 20 heavy (non-hydrogen) atoms. The standard InChI is InChI=1S/C16H19N3O/c1-12-6-7-15(17-2)14(9-12)16(20)19(3)11-13-5-4-8-18-10-13/h4-10,17H,11H2,1-3H3. The highest BCUT2D eigenvalue weighted by Gasteiger charge is 2.15. The van der Waals surface area contributed by atoms with Crippen molar-refractivity contribution in [3.05, 3.63) is 59.4 Å². The number of hydrogen-bond acceptors (Lipinski definition) is 3. The van der Waals surface area contributed by atoms with Crippen LogP contribution < -0.4 is 5.32 Å². The Morgan fingerprint density at radius 2 is 2.15 bits per heavy atom. The van der Waals surface area contributed by atoms with Gasteiger partial charge in [-0.15, -0.1) is 0 Å². The molecule has 1 aromatic heterocycles. The number of benzene rings is 1. The van der Waals surface area contributed by atoms with Crippen LogP contribution in [-0.2, 0) is 6.54 Å². The molecule has 0 fully saturated rings. The molecule has 2 aromatic rings. The van der Waals surface area contributed by atoms with Crippen molar-refractivity contribution in [1.82, 2.24) is 9.88 Å². The van der Waals surface area contributed by atoms with E-state index in [-0.39, 0.29) is 5.91 Å². The number of amides is 1.